The van der Waals surface area contributed by atoms with Crippen LogP contribution in [0.5, 0.6) is 0 Å². The lowest BCUT2D eigenvalue weighted by Gasteiger charge is -2.25. The van der Waals surface area contributed by atoms with E-state index in [9.17, 15) is 9.59 Å². The van der Waals surface area contributed by atoms with E-state index in [1.807, 2.05) is 37.3 Å². The largest absolute Gasteiger partial charge is 0.337 e. The van der Waals surface area contributed by atoms with E-state index >= 15 is 0 Å². The Kier molecular flexibility index (Phi) is 4.36. The van der Waals surface area contributed by atoms with E-state index in [1.54, 1.807) is 23.3 Å². The second-order valence-corrected chi connectivity index (χ2v) is 7.89. The van der Waals surface area contributed by atoms with Gasteiger partial charge in [-0.1, -0.05) is 30.3 Å². The van der Waals surface area contributed by atoms with Crippen LogP contribution in [0.25, 0.3) is 10.2 Å². The first kappa shape index (κ1) is 17.0. The quantitative estimate of drug-likeness (QED) is 0.712. The third-order valence-electron chi connectivity index (χ3n) is 5.25. The first-order chi connectivity index (χ1) is 12.6. The Morgan fingerprint density at radius 3 is 2.85 bits per heavy atom. The van der Waals surface area contributed by atoms with Crippen molar-refractivity contribution in [3.63, 3.8) is 0 Å². The number of likely N-dealkylation sites (N-methyl/N-ethyl adjacent to an activating group) is 1. The minimum atomic E-state index is -0.100. The molecule has 6 heteroatoms. The van der Waals surface area contributed by atoms with Crippen LogP contribution in [0.15, 0.2) is 41.5 Å². The van der Waals surface area contributed by atoms with E-state index in [2.05, 4.69) is 4.98 Å². The van der Waals surface area contributed by atoms with E-state index in [0.29, 0.717) is 0 Å². The highest BCUT2D eigenvalue weighted by atomic mass is 32.1. The topological polar surface area (TPSA) is 55.2 Å². The van der Waals surface area contributed by atoms with Crippen LogP contribution in [-0.2, 0) is 24.2 Å². The van der Waals surface area contributed by atoms with Crippen molar-refractivity contribution in [3.8, 4) is 0 Å². The average molecular weight is 367 g/mol. The number of hydrogen-bond donors (Lipinski definition) is 0. The standard InChI is InChI=1S/C20H21N3O2S/c1-13(14-7-4-3-5-8-14)22(2)17(24)11-23-12-21-19-18(20(23)25)15-9-6-10-16(15)26-19/h3-5,7-8,12-13H,6,9-11H2,1-2H3. The van der Waals surface area contributed by atoms with Gasteiger partial charge in [-0.2, -0.15) is 0 Å². The van der Waals surface area contributed by atoms with Crippen LogP contribution in [-0.4, -0.2) is 27.4 Å². The van der Waals surface area contributed by atoms with Gasteiger partial charge in [-0.15, -0.1) is 11.3 Å². The molecule has 1 aliphatic carbocycles. The van der Waals surface area contributed by atoms with Gasteiger partial charge in [0.1, 0.15) is 11.4 Å². The molecule has 5 nitrogen and oxygen atoms in total. The Balaban J connectivity index is 1.60. The highest BCUT2D eigenvalue weighted by Crippen LogP contribution is 2.34. The molecule has 4 rings (SSSR count). The van der Waals surface area contributed by atoms with Gasteiger partial charge in [0.25, 0.3) is 5.56 Å². The molecule has 0 bridgehead atoms. The van der Waals surface area contributed by atoms with Gasteiger partial charge >= 0.3 is 0 Å². The number of aryl methyl sites for hydroxylation is 2. The fourth-order valence-electron chi connectivity index (χ4n) is 3.56. The van der Waals surface area contributed by atoms with Crippen LogP contribution < -0.4 is 5.56 Å². The predicted octanol–water partition coefficient (Wildman–Crippen LogP) is 3.17. The molecular weight excluding hydrogens is 346 g/mol. The van der Waals surface area contributed by atoms with Gasteiger partial charge in [0.15, 0.2) is 0 Å². The lowest BCUT2D eigenvalue weighted by molar-refractivity contribution is -0.132. The predicted molar refractivity (Wildman–Crippen MR) is 104 cm³/mol. The zero-order valence-corrected chi connectivity index (χ0v) is 15.8. The van der Waals surface area contributed by atoms with Crippen molar-refractivity contribution in [2.75, 3.05) is 7.05 Å². The summed E-state index contributed by atoms with van der Waals surface area (Å²) in [6.45, 7) is 2.00. The van der Waals surface area contributed by atoms with Crippen molar-refractivity contribution in [2.45, 2.75) is 38.8 Å². The highest BCUT2D eigenvalue weighted by Gasteiger charge is 2.23. The summed E-state index contributed by atoms with van der Waals surface area (Å²) in [5.41, 5.74) is 2.12. The number of amides is 1. The smallest absolute Gasteiger partial charge is 0.262 e. The summed E-state index contributed by atoms with van der Waals surface area (Å²) >= 11 is 1.62. The Hall–Kier alpha value is -2.47. The molecule has 0 saturated carbocycles. The molecule has 0 fully saturated rings. The van der Waals surface area contributed by atoms with Gasteiger partial charge in [-0.25, -0.2) is 4.98 Å². The molecule has 1 aromatic carbocycles. The Morgan fingerprint density at radius 1 is 1.31 bits per heavy atom. The molecule has 134 valence electrons. The molecule has 0 radical (unpaired) electrons. The van der Waals surface area contributed by atoms with E-state index in [-0.39, 0.29) is 24.1 Å². The van der Waals surface area contributed by atoms with Crippen LogP contribution >= 0.6 is 11.3 Å². The molecule has 0 N–H and O–H groups in total. The molecule has 2 heterocycles. The number of nitrogens with zero attached hydrogens (tertiary/aromatic N) is 3. The van der Waals surface area contributed by atoms with Crippen molar-refractivity contribution >= 4 is 27.5 Å². The van der Waals surface area contributed by atoms with Gasteiger partial charge in [-0.3, -0.25) is 14.2 Å². The normalized spacial score (nSPS) is 14.4. The second-order valence-electron chi connectivity index (χ2n) is 6.81. The summed E-state index contributed by atoms with van der Waals surface area (Å²) in [6, 6.07) is 9.83. The van der Waals surface area contributed by atoms with Gasteiger partial charge < -0.3 is 4.90 Å². The van der Waals surface area contributed by atoms with Crippen LogP contribution in [0.3, 0.4) is 0 Å². The molecule has 3 aromatic rings. The summed E-state index contributed by atoms with van der Waals surface area (Å²) in [6.07, 6.45) is 4.58. The molecule has 2 aromatic heterocycles. The number of fused-ring (bicyclic) bond motifs is 3. The molecule has 1 atom stereocenters. The number of carbonyl (C=O) groups excluding carboxylic acids is 1. The Morgan fingerprint density at radius 2 is 2.08 bits per heavy atom. The van der Waals surface area contributed by atoms with Crippen LogP contribution in [0.1, 0.15) is 35.4 Å². The summed E-state index contributed by atoms with van der Waals surface area (Å²) in [7, 11) is 1.78. The van der Waals surface area contributed by atoms with Gasteiger partial charge in [0.2, 0.25) is 5.91 Å². The summed E-state index contributed by atoms with van der Waals surface area (Å²) < 4.78 is 1.45. The molecule has 1 unspecified atom stereocenters. The molecule has 1 amide bonds. The SMILES string of the molecule is CC(c1ccccc1)N(C)C(=O)Cn1cnc2sc3c(c2c1=O)CCC3. The van der Waals surface area contributed by atoms with Gasteiger partial charge in [0.05, 0.1) is 17.8 Å². The number of benzene rings is 1. The Bertz CT molecular complexity index is 1020. The molecule has 0 aliphatic heterocycles. The fourth-order valence-corrected chi connectivity index (χ4v) is 4.78. The maximum Gasteiger partial charge on any atom is 0.262 e. The monoisotopic (exact) mass is 367 g/mol. The van der Waals surface area contributed by atoms with Crippen LogP contribution in [0, 0.1) is 0 Å². The van der Waals surface area contributed by atoms with Gasteiger partial charge in [0, 0.05) is 11.9 Å². The summed E-state index contributed by atoms with van der Waals surface area (Å²) in [4.78, 5) is 33.8. The Labute approximate surface area is 155 Å². The van der Waals surface area contributed by atoms with E-state index in [0.717, 1.165) is 40.6 Å². The van der Waals surface area contributed by atoms with Crippen molar-refractivity contribution in [1.82, 2.24) is 14.5 Å². The minimum Gasteiger partial charge on any atom is -0.337 e. The van der Waals surface area contributed by atoms with Crippen molar-refractivity contribution in [3.05, 3.63) is 63.0 Å². The van der Waals surface area contributed by atoms with Gasteiger partial charge in [-0.05, 0) is 37.3 Å². The maximum absolute atomic E-state index is 12.9. The third kappa shape index (κ3) is 2.84. The van der Waals surface area contributed by atoms with Crippen molar-refractivity contribution in [2.24, 2.45) is 0 Å². The molecule has 0 spiro atoms. The van der Waals surface area contributed by atoms with Crippen molar-refractivity contribution in [1.29, 1.82) is 0 Å². The number of aromatic nitrogens is 2. The zero-order chi connectivity index (χ0) is 18.3. The van der Waals surface area contributed by atoms with E-state index in [1.165, 1.54) is 15.8 Å². The minimum absolute atomic E-state index is 0.0140. The van der Waals surface area contributed by atoms with Crippen molar-refractivity contribution < 1.29 is 4.79 Å². The molecule has 0 saturated heterocycles. The lowest BCUT2D eigenvalue weighted by Crippen LogP contribution is -2.35. The summed E-state index contributed by atoms with van der Waals surface area (Å²) in [5.74, 6) is -0.100. The van der Waals surface area contributed by atoms with Crippen LogP contribution in [0.2, 0.25) is 0 Å². The second kappa shape index (κ2) is 6.68. The number of carbonyl (C=O) groups is 1. The third-order valence-corrected chi connectivity index (χ3v) is 6.45. The zero-order valence-electron chi connectivity index (χ0n) is 14.9. The number of rotatable bonds is 4. The number of thiophene rings is 1. The first-order valence-corrected chi connectivity index (χ1v) is 9.68. The van der Waals surface area contributed by atoms with E-state index < -0.39 is 0 Å². The maximum atomic E-state index is 12.9. The van der Waals surface area contributed by atoms with Crippen LogP contribution in [0.4, 0.5) is 0 Å². The first-order valence-electron chi connectivity index (χ1n) is 8.86. The molecule has 1 aliphatic rings. The number of hydrogen-bond acceptors (Lipinski definition) is 4. The molecule has 26 heavy (non-hydrogen) atoms. The lowest BCUT2D eigenvalue weighted by atomic mass is 10.1. The highest BCUT2D eigenvalue weighted by molar-refractivity contribution is 7.18. The average Bonchev–Trinajstić information content (AvgIpc) is 3.24. The summed E-state index contributed by atoms with van der Waals surface area (Å²) in [5, 5.41) is 0.719. The fraction of sp³-hybridized carbons (Fsp3) is 0.350. The van der Waals surface area contributed by atoms with E-state index in [4.69, 9.17) is 0 Å². The molecular formula is C20H21N3O2S.